The molecule has 1 aliphatic rings. The van der Waals surface area contributed by atoms with E-state index < -0.39 is 6.61 Å². The topological polar surface area (TPSA) is 47.4 Å². The minimum absolute atomic E-state index is 0.0357. The van der Waals surface area contributed by atoms with E-state index in [1.54, 1.807) is 10.6 Å². The molecule has 7 heteroatoms. The van der Waals surface area contributed by atoms with E-state index in [1.807, 2.05) is 31.2 Å². The van der Waals surface area contributed by atoms with Gasteiger partial charge in [-0.25, -0.2) is 4.98 Å². The third kappa shape index (κ3) is 4.61. The molecule has 1 saturated heterocycles. The lowest BCUT2D eigenvalue weighted by Gasteiger charge is -2.32. The number of aryl methyl sites for hydroxylation is 1. The van der Waals surface area contributed by atoms with E-state index in [-0.39, 0.29) is 11.3 Å². The van der Waals surface area contributed by atoms with Crippen LogP contribution in [-0.4, -0.2) is 40.7 Å². The molecule has 0 N–H and O–H groups in total. The molecule has 3 aromatic rings. The first-order chi connectivity index (χ1) is 15.0. The molecule has 0 saturated carbocycles. The summed E-state index contributed by atoms with van der Waals surface area (Å²) in [7, 11) is 0. The molecule has 5 nitrogen and oxygen atoms in total. The van der Waals surface area contributed by atoms with Crippen LogP contribution >= 0.6 is 0 Å². The van der Waals surface area contributed by atoms with Gasteiger partial charge in [0.2, 0.25) is 0 Å². The maximum absolute atomic E-state index is 13.6. The minimum atomic E-state index is -2.94. The molecule has 0 radical (unpaired) electrons. The first-order valence-electron chi connectivity index (χ1n) is 10.7. The van der Waals surface area contributed by atoms with Crippen molar-refractivity contribution in [2.45, 2.75) is 39.8 Å². The smallest absolute Gasteiger partial charge is 0.387 e. The van der Waals surface area contributed by atoms with Crippen molar-refractivity contribution in [2.75, 3.05) is 19.6 Å². The van der Waals surface area contributed by atoms with Crippen LogP contribution in [0.3, 0.4) is 0 Å². The highest BCUT2D eigenvalue weighted by Gasteiger charge is 2.23. The predicted molar refractivity (Wildman–Crippen MR) is 118 cm³/mol. The van der Waals surface area contributed by atoms with Crippen molar-refractivity contribution in [1.29, 1.82) is 0 Å². The van der Waals surface area contributed by atoms with Gasteiger partial charge in [0, 0.05) is 18.7 Å². The van der Waals surface area contributed by atoms with Crippen LogP contribution in [0.25, 0.3) is 22.3 Å². The fourth-order valence-electron chi connectivity index (χ4n) is 4.42. The quantitative estimate of drug-likeness (QED) is 0.572. The summed E-state index contributed by atoms with van der Waals surface area (Å²) in [6.45, 7) is 4.74. The van der Waals surface area contributed by atoms with Gasteiger partial charge in [-0.2, -0.15) is 8.78 Å². The fraction of sp³-hybridized carbons (Fsp3) is 0.417. The Hall–Kier alpha value is -2.80. The zero-order valence-corrected chi connectivity index (χ0v) is 17.9. The molecular formula is C24H27F2N3O2. The molecule has 164 valence electrons. The Bertz CT molecular complexity index is 1130. The molecule has 0 unspecified atom stereocenters. The molecule has 0 aliphatic carbocycles. The molecule has 1 fully saturated rings. The van der Waals surface area contributed by atoms with E-state index in [0.717, 1.165) is 43.6 Å². The van der Waals surface area contributed by atoms with Crippen LogP contribution in [0.15, 0.2) is 47.3 Å². The first-order valence-corrected chi connectivity index (χ1v) is 10.7. The highest BCUT2D eigenvalue weighted by molar-refractivity contribution is 5.81. The van der Waals surface area contributed by atoms with Crippen LogP contribution in [0.5, 0.6) is 5.75 Å². The van der Waals surface area contributed by atoms with Crippen molar-refractivity contribution in [3.63, 3.8) is 0 Å². The lowest BCUT2D eigenvalue weighted by Crippen LogP contribution is -2.38. The Kier molecular flexibility index (Phi) is 6.32. The average Bonchev–Trinajstić information content (AvgIpc) is 2.76. The molecule has 0 spiro atoms. The molecule has 1 aliphatic heterocycles. The maximum atomic E-state index is 13.6. The number of alkyl halides is 2. The number of piperidine rings is 1. The first kappa shape index (κ1) is 21.4. The summed E-state index contributed by atoms with van der Waals surface area (Å²) in [6.07, 6.45) is 2.14. The molecule has 0 amide bonds. The summed E-state index contributed by atoms with van der Waals surface area (Å²) in [6, 6.07) is 12.2. The molecule has 2 heterocycles. The van der Waals surface area contributed by atoms with Gasteiger partial charge in [-0.1, -0.05) is 31.2 Å². The van der Waals surface area contributed by atoms with Gasteiger partial charge < -0.3 is 9.64 Å². The van der Waals surface area contributed by atoms with Gasteiger partial charge in [-0.05, 0) is 62.5 Å². The number of rotatable bonds is 6. The SMILES string of the molecule is CCN1CCC[C@H](Cn2c(-c3ccccc3C)nc3ccc(OC(F)F)cc3c2=O)C1. The van der Waals surface area contributed by atoms with E-state index in [4.69, 9.17) is 4.98 Å². The Balaban J connectivity index is 1.85. The van der Waals surface area contributed by atoms with E-state index >= 15 is 0 Å². The van der Waals surface area contributed by atoms with E-state index in [0.29, 0.717) is 29.2 Å². The van der Waals surface area contributed by atoms with Gasteiger partial charge in [0.15, 0.2) is 0 Å². The standard InChI is InChI=1S/C24H27F2N3O2/c1-3-28-12-6-8-17(14-28)15-29-22(19-9-5-4-7-16(19)2)27-21-11-10-18(31-24(25)26)13-20(21)23(29)30/h4-5,7,9-11,13,17,24H,3,6,8,12,14-15H2,1-2H3/t17-/m0/s1. The molecule has 4 rings (SSSR count). The lowest BCUT2D eigenvalue weighted by molar-refractivity contribution is -0.0497. The second-order valence-corrected chi connectivity index (χ2v) is 8.13. The van der Waals surface area contributed by atoms with Crippen molar-refractivity contribution in [3.8, 4) is 17.1 Å². The zero-order chi connectivity index (χ0) is 22.0. The molecule has 0 bridgehead atoms. The second-order valence-electron chi connectivity index (χ2n) is 8.13. The average molecular weight is 427 g/mol. The second kappa shape index (κ2) is 9.14. The predicted octanol–water partition coefficient (Wildman–Crippen LogP) is 4.71. The molecular weight excluding hydrogens is 400 g/mol. The van der Waals surface area contributed by atoms with Crippen LogP contribution in [0.2, 0.25) is 0 Å². The van der Waals surface area contributed by atoms with Gasteiger partial charge in [-0.3, -0.25) is 9.36 Å². The third-order valence-electron chi connectivity index (χ3n) is 6.03. The van der Waals surface area contributed by atoms with Crippen LogP contribution in [0.4, 0.5) is 8.78 Å². The number of hydrogen-bond donors (Lipinski definition) is 0. The van der Waals surface area contributed by atoms with E-state index in [1.165, 1.54) is 12.1 Å². The number of likely N-dealkylation sites (tertiary alicyclic amines) is 1. The van der Waals surface area contributed by atoms with E-state index in [9.17, 15) is 13.6 Å². The normalized spacial score (nSPS) is 17.4. The zero-order valence-electron chi connectivity index (χ0n) is 17.9. The molecule has 1 atom stereocenters. The van der Waals surface area contributed by atoms with Gasteiger partial charge in [-0.15, -0.1) is 0 Å². The minimum Gasteiger partial charge on any atom is -0.435 e. The number of halogens is 2. The number of nitrogens with zero attached hydrogens (tertiary/aromatic N) is 3. The number of fused-ring (bicyclic) bond motifs is 1. The maximum Gasteiger partial charge on any atom is 0.387 e. The summed E-state index contributed by atoms with van der Waals surface area (Å²) in [5.74, 6) is 0.909. The lowest BCUT2D eigenvalue weighted by atomic mass is 9.97. The third-order valence-corrected chi connectivity index (χ3v) is 6.03. The summed E-state index contributed by atoms with van der Waals surface area (Å²) in [4.78, 5) is 20.8. The largest absolute Gasteiger partial charge is 0.435 e. The molecule has 31 heavy (non-hydrogen) atoms. The number of aromatic nitrogens is 2. The summed E-state index contributed by atoms with van der Waals surface area (Å²) in [5, 5.41) is 0.290. The van der Waals surface area contributed by atoms with Crippen molar-refractivity contribution in [2.24, 2.45) is 5.92 Å². The Morgan fingerprint density at radius 3 is 2.77 bits per heavy atom. The van der Waals surface area contributed by atoms with Crippen LogP contribution < -0.4 is 10.3 Å². The Morgan fingerprint density at radius 1 is 1.23 bits per heavy atom. The van der Waals surface area contributed by atoms with Crippen LogP contribution in [-0.2, 0) is 6.54 Å². The van der Waals surface area contributed by atoms with Gasteiger partial charge in [0.25, 0.3) is 5.56 Å². The monoisotopic (exact) mass is 427 g/mol. The van der Waals surface area contributed by atoms with Crippen LogP contribution in [0.1, 0.15) is 25.3 Å². The fourth-order valence-corrected chi connectivity index (χ4v) is 4.42. The van der Waals surface area contributed by atoms with Crippen molar-refractivity contribution in [3.05, 3.63) is 58.4 Å². The number of hydrogen-bond acceptors (Lipinski definition) is 4. The Morgan fingerprint density at radius 2 is 2.03 bits per heavy atom. The molecule has 2 aromatic carbocycles. The van der Waals surface area contributed by atoms with E-state index in [2.05, 4.69) is 16.6 Å². The highest BCUT2D eigenvalue weighted by atomic mass is 19.3. The summed E-state index contributed by atoms with van der Waals surface area (Å²) < 4.78 is 31.6. The van der Waals surface area contributed by atoms with Gasteiger partial charge in [0.05, 0.1) is 10.9 Å². The van der Waals surface area contributed by atoms with Crippen molar-refractivity contribution in [1.82, 2.24) is 14.5 Å². The number of ether oxygens (including phenoxy) is 1. The van der Waals surface area contributed by atoms with Gasteiger partial charge in [0.1, 0.15) is 11.6 Å². The summed E-state index contributed by atoms with van der Waals surface area (Å²) in [5.41, 5.74) is 2.17. The van der Waals surface area contributed by atoms with Gasteiger partial charge >= 0.3 is 6.61 Å². The summed E-state index contributed by atoms with van der Waals surface area (Å²) >= 11 is 0. The van der Waals surface area contributed by atoms with Crippen LogP contribution in [0, 0.1) is 12.8 Å². The molecule has 1 aromatic heterocycles. The van der Waals surface area contributed by atoms with Crippen molar-refractivity contribution >= 4 is 10.9 Å². The van der Waals surface area contributed by atoms with Crippen molar-refractivity contribution < 1.29 is 13.5 Å². The Labute approximate surface area is 180 Å². The highest BCUT2D eigenvalue weighted by Crippen LogP contribution is 2.27. The number of benzene rings is 2.